The summed E-state index contributed by atoms with van der Waals surface area (Å²) in [5.41, 5.74) is 8.61. The molecule has 2 heterocycles. The summed E-state index contributed by atoms with van der Waals surface area (Å²) < 4.78 is 0.941. The molecule has 20 heavy (non-hydrogen) atoms. The maximum Gasteiger partial charge on any atom is 0.112 e. The van der Waals surface area contributed by atoms with Crippen molar-refractivity contribution in [2.24, 2.45) is 5.73 Å². The van der Waals surface area contributed by atoms with Crippen LogP contribution in [-0.4, -0.2) is 27.5 Å². The van der Waals surface area contributed by atoms with E-state index in [1.165, 1.54) is 12.8 Å². The Morgan fingerprint density at radius 1 is 1.45 bits per heavy atom. The second-order valence-corrected chi connectivity index (χ2v) is 6.43. The van der Waals surface area contributed by atoms with Crippen molar-refractivity contribution >= 4 is 49.9 Å². The van der Waals surface area contributed by atoms with Crippen molar-refractivity contribution < 1.29 is 0 Å². The molecular weight excluding hydrogens is 336 g/mol. The van der Waals surface area contributed by atoms with Gasteiger partial charge in [0, 0.05) is 35.9 Å². The number of halogens is 1. The van der Waals surface area contributed by atoms with Crippen molar-refractivity contribution in [1.29, 1.82) is 0 Å². The molecule has 0 spiro atoms. The average molecular weight is 351 g/mol. The minimum atomic E-state index is 0.560. The van der Waals surface area contributed by atoms with Crippen LogP contribution in [0.2, 0.25) is 0 Å². The highest BCUT2D eigenvalue weighted by Crippen LogP contribution is 2.35. The van der Waals surface area contributed by atoms with Crippen LogP contribution in [0.3, 0.4) is 0 Å². The van der Waals surface area contributed by atoms with Gasteiger partial charge in [-0.25, -0.2) is 0 Å². The molecule has 4 nitrogen and oxygen atoms in total. The Kier molecular flexibility index (Phi) is 3.85. The molecule has 2 aromatic rings. The van der Waals surface area contributed by atoms with Crippen LogP contribution < -0.4 is 10.6 Å². The number of nitrogens with two attached hydrogens (primary N) is 1. The zero-order valence-electron chi connectivity index (χ0n) is 10.9. The van der Waals surface area contributed by atoms with Gasteiger partial charge in [-0.1, -0.05) is 12.2 Å². The first-order valence-corrected chi connectivity index (χ1v) is 7.80. The van der Waals surface area contributed by atoms with Gasteiger partial charge in [0.2, 0.25) is 0 Å². The van der Waals surface area contributed by atoms with Crippen LogP contribution in [0.15, 0.2) is 29.0 Å². The van der Waals surface area contributed by atoms with Crippen LogP contribution in [0.1, 0.15) is 19.3 Å². The van der Waals surface area contributed by atoms with E-state index in [0.29, 0.717) is 11.0 Å². The first-order valence-electron chi connectivity index (χ1n) is 6.60. The monoisotopic (exact) mass is 350 g/mol. The lowest BCUT2D eigenvalue weighted by atomic mass is 10.2. The Labute approximate surface area is 131 Å². The third-order valence-electron chi connectivity index (χ3n) is 3.42. The van der Waals surface area contributed by atoms with Gasteiger partial charge in [-0.2, -0.15) is 0 Å². The molecule has 1 fully saturated rings. The summed E-state index contributed by atoms with van der Waals surface area (Å²) >= 11 is 8.44. The predicted octanol–water partition coefficient (Wildman–Crippen LogP) is 3.04. The first kappa shape index (κ1) is 13.7. The third-order valence-corrected chi connectivity index (χ3v) is 4.06. The Morgan fingerprint density at radius 3 is 2.95 bits per heavy atom. The molecular formula is C14H15BrN4S. The molecule has 0 aliphatic heterocycles. The number of nitrogens with zero attached hydrogens (tertiary/aromatic N) is 3. The zero-order valence-corrected chi connectivity index (χ0v) is 13.3. The van der Waals surface area contributed by atoms with Gasteiger partial charge in [-0.3, -0.25) is 9.97 Å². The number of anilines is 1. The van der Waals surface area contributed by atoms with Crippen molar-refractivity contribution in [3.63, 3.8) is 0 Å². The van der Waals surface area contributed by atoms with Crippen molar-refractivity contribution in [3.05, 3.63) is 29.0 Å². The summed E-state index contributed by atoms with van der Waals surface area (Å²) in [6.45, 7) is 0.844. The highest BCUT2D eigenvalue weighted by molar-refractivity contribution is 9.10. The fourth-order valence-corrected chi connectivity index (χ4v) is 2.75. The Bertz CT molecular complexity index is 657. The molecule has 6 heteroatoms. The first-order chi connectivity index (χ1) is 9.65. The van der Waals surface area contributed by atoms with Crippen LogP contribution in [0, 0.1) is 0 Å². The van der Waals surface area contributed by atoms with Gasteiger partial charge in [0.05, 0.1) is 16.2 Å². The Morgan fingerprint density at radius 2 is 2.25 bits per heavy atom. The van der Waals surface area contributed by atoms with E-state index in [9.17, 15) is 0 Å². The maximum atomic E-state index is 5.64. The highest BCUT2D eigenvalue weighted by Gasteiger charge is 2.30. The van der Waals surface area contributed by atoms with Crippen LogP contribution in [-0.2, 0) is 0 Å². The molecule has 2 aromatic heterocycles. The molecule has 1 aliphatic carbocycles. The summed E-state index contributed by atoms with van der Waals surface area (Å²) in [4.78, 5) is 11.8. The molecule has 1 saturated carbocycles. The SMILES string of the molecule is NC(=S)CCN(c1ccnc2cc(Br)cnc12)C1CC1. The van der Waals surface area contributed by atoms with Crippen molar-refractivity contribution in [3.8, 4) is 0 Å². The predicted molar refractivity (Wildman–Crippen MR) is 89.0 cm³/mol. The van der Waals surface area contributed by atoms with Crippen LogP contribution in [0.5, 0.6) is 0 Å². The van der Waals surface area contributed by atoms with E-state index in [2.05, 4.69) is 30.8 Å². The number of aromatic nitrogens is 2. The van der Waals surface area contributed by atoms with Gasteiger partial charge in [-0.05, 0) is 40.9 Å². The molecule has 0 atom stereocenters. The smallest absolute Gasteiger partial charge is 0.112 e. The molecule has 0 bridgehead atoms. The second-order valence-electron chi connectivity index (χ2n) is 4.99. The molecule has 0 unspecified atom stereocenters. The van der Waals surface area contributed by atoms with E-state index in [-0.39, 0.29) is 0 Å². The fourth-order valence-electron chi connectivity index (χ4n) is 2.34. The second kappa shape index (κ2) is 5.61. The number of fused-ring (bicyclic) bond motifs is 1. The van der Waals surface area contributed by atoms with Gasteiger partial charge in [-0.15, -0.1) is 0 Å². The van der Waals surface area contributed by atoms with Gasteiger partial charge in [0.25, 0.3) is 0 Å². The third kappa shape index (κ3) is 2.91. The lowest BCUT2D eigenvalue weighted by Crippen LogP contribution is -2.29. The van der Waals surface area contributed by atoms with Crippen molar-refractivity contribution in [1.82, 2.24) is 9.97 Å². The number of thiocarbonyl (C=S) groups is 1. The summed E-state index contributed by atoms with van der Waals surface area (Å²) in [6, 6.07) is 4.60. The lowest BCUT2D eigenvalue weighted by Gasteiger charge is -2.25. The van der Waals surface area contributed by atoms with E-state index in [1.807, 2.05) is 24.5 Å². The molecule has 0 aromatic carbocycles. The fraction of sp³-hybridized carbons (Fsp3) is 0.357. The summed E-state index contributed by atoms with van der Waals surface area (Å²) in [5, 5.41) is 0. The summed E-state index contributed by atoms with van der Waals surface area (Å²) in [6.07, 6.45) is 6.82. The van der Waals surface area contributed by atoms with E-state index < -0.39 is 0 Å². The molecule has 3 rings (SSSR count). The molecule has 2 N–H and O–H groups in total. The van der Waals surface area contributed by atoms with Crippen LogP contribution in [0.25, 0.3) is 11.0 Å². The topological polar surface area (TPSA) is 55.0 Å². The molecule has 0 saturated heterocycles. The number of hydrogen-bond acceptors (Lipinski definition) is 4. The van der Waals surface area contributed by atoms with E-state index >= 15 is 0 Å². The minimum Gasteiger partial charge on any atom is -0.393 e. The van der Waals surface area contributed by atoms with Crippen molar-refractivity contribution in [2.75, 3.05) is 11.4 Å². The minimum absolute atomic E-state index is 0.560. The molecule has 104 valence electrons. The zero-order chi connectivity index (χ0) is 14.1. The average Bonchev–Trinajstić information content (AvgIpc) is 3.23. The van der Waals surface area contributed by atoms with E-state index in [0.717, 1.165) is 34.2 Å². The Balaban J connectivity index is 1.99. The molecule has 0 radical (unpaired) electrons. The quantitative estimate of drug-likeness (QED) is 0.840. The standard InChI is InChI=1S/C14H15BrN4S/c15-9-7-11-14(18-8-9)12(3-5-17-11)19(10-1-2-10)6-4-13(16)20/h3,5,7-8,10H,1-2,4,6H2,(H2,16,20). The van der Waals surface area contributed by atoms with E-state index in [1.54, 1.807) is 0 Å². The van der Waals surface area contributed by atoms with Gasteiger partial charge in [0.1, 0.15) is 5.52 Å². The number of pyridine rings is 2. The van der Waals surface area contributed by atoms with Gasteiger partial charge >= 0.3 is 0 Å². The maximum absolute atomic E-state index is 5.64. The number of rotatable bonds is 5. The Hall–Kier alpha value is -1.27. The lowest BCUT2D eigenvalue weighted by molar-refractivity contribution is 0.803. The van der Waals surface area contributed by atoms with Crippen LogP contribution in [0.4, 0.5) is 5.69 Å². The molecule has 1 aliphatic rings. The van der Waals surface area contributed by atoms with Gasteiger partial charge in [0.15, 0.2) is 0 Å². The largest absolute Gasteiger partial charge is 0.393 e. The van der Waals surface area contributed by atoms with E-state index in [4.69, 9.17) is 18.0 Å². The summed E-state index contributed by atoms with van der Waals surface area (Å²) in [7, 11) is 0. The molecule has 0 amide bonds. The van der Waals surface area contributed by atoms with Crippen LogP contribution >= 0.6 is 28.1 Å². The van der Waals surface area contributed by atoms with Gasteiger partial charge < -0.3 is 10.6 Å². The normalized spacial score (nSPS) is 14.4. The van der Waals surface area contributed by atoms with Crippen molar-refractivity contribution in [2.45, 2.75) is 25.3 Å². The summed E-state index contributed by atoms with van der Waals surface area (Å²) in [5.74, 6) is 0. The number of hydrogen-bond donors (Lipinski definition) is 1. The highest BCUT2D eigenvalue weighted by atomic mass is 79.9.